The fraction of sp³-hybridized carbons (Fsp3) is 0.565. The number of nitrogens with zero attached hydrogens (tertiary/aromatic N) is 1. The predicted molar refractivity (Wildman–Crippen MR) is 113 cm³/mol. The van der Waals surface area contributed by atoms with E-state index in [0.717, 1.165) is 25.7 Å². The quantitative estimate of drug-likeness (QED) is 0.666. The summed E-state index contributed by atoms with van der Waals surface area (Å²) < 4.78 is 9.88. The Labute approximate surface area is 182 Å². The molecule has 3 rings (SSSR count). The van der Waals surface area contributed by atoms with E-state index in [0.29, 0.717) is 24.4 Å². The summed E-state index contributed by atoms with van der Waals surface area (Å²) in [7, 11) is 1.39. The van der Waals surface area contributed by atoms with E-state index in [4.69, 9.17) is 9.47 Å². The van der Waals surface area contributed by atoms with Gasteiger partial charge in [0.1, 0.15) is 0 Å². The second-order valence-electron chi connectivity index (χ2n) is 8.09. The molecule has 1 N–H and O–H groups in total. The summed E-state index contributed by atoms with van der Waals surface area (Å²) in [6.07, 6.45) is 3.82. The van der Waals surface area contributed by atoms with E-state index in [1.807, 2.05) is 0 Å². The second-order valence-corrected chi connectivity index (χ2v) is 8.09. The number of methoxy groups -OCH3 is 1. The zero-order chi connectivity index (χ0) is 22.4. The standard InChI is InChI=1S/C23H30N2O6/c1-3-31-22(28)15-8-10-18(11-9-15)25-14-17(12-20(25)26)21(27)24-13-16-6-4-5-7-19(16)23(29)30-2/h8-11,16-17,19H,3-7,12-14H2,1-2H3,(H,24,27). The van der Waals surface area contributed by atoms with Crippen LogP contribution in [0.2, 0.25) is 0 Å². The normalized spacial score (nSPS) is 23.4. The lowest BCUT2D eigenvalue weighted by atomic mass is 9.79. The monoisotopic (exact) mass is 430 g/mol. The van der Waals surface area contributed by atoms with Crippen molar-refractivity contribution >= 4 is 29.4 Å². The molecule has 168 valence electrons. The first-order valence-electron chi connectivity index (χ1n) is 10.9. The third-order valence-electron chi connectivity index (χ3n) is 6.14. The highest BCUT2D eigenvalue weighted by atomic mass is 16.5. The Hall–Kier alpha value is -2.90. The third kappa shape index (κ3) is 5.42. The number of hydrogen-bond acceptors (Lipinski definition) is 6. The van der Waals surface area contributed by atoms with Crippen LogP contribution in [0.15, 0.2) is 24.3 Å². The SMILES string of the molecule is CCOC(=O)c1ccc(N2CC(C(=O)NCC3CCCCC3C(=O)OC)CC2=O)cc1. The number of esters is 2. The van der Waals surface area contributed by atoms with Gasteiger partial charge in [-0.3, -0.25) is 14.4 Å². The van der Waals surface area contributed by atoms with Crippen molar-refractivity contribution in [1.82, 2.24) is 5.32 Å². The molecule has 8 nitrogen and oxygen atoms in total. The Morgan fingerprint density at radius 2 is 1.84 bits per heavy atom. The summed E-state index contributed by atoms with van der Waals surface area (Å²) in [5, 5.41) is 2.95. The lowest BCUT2D eigenvalue weighted by Gasteiger charge is -2.29. The van der Waals surface area contributed by atoms with Crippen LogP contribution in [0.5, 0.6) is 0 Å². The van der Waals surface area contributed by atoms with E-state index in [1.54, 1.807) is 36.1 Å². The maximum atomic E-state index is 12.7. The molecule has 0 spiro atoms. The van der Waals surface area contributed by atoms with Gasteiger partial charge in [0.05, 0.1) is 31.1 Å². The Morgan fingerprint density at radius 3 is 2.52 bits per heavy atom. The van der Waals surface area contributed by atoms with Crippen molar-refractivity contribution in [2.24, 2.45) is 17.8 Å². The fourth-order valence-corrected chi connectivity index (χ4v) is 4.41. The van der Waals surface area contributed by atoms with Gasteiger partial charge in [0, 0.05) is 25.2 Å². The Bertz CT molecular complexity index is 822. The topological polar surface area (TPSA) is 102 Å². The van der Waals surface area contributed by atoms with Gasteiger partial charge in [0.25, 0.3) is 0 Å². The number of rotatable bonds is 7. The van der Waals surface area contributed by atoms with Crippen molar-refractivity contribution in [2.45, 2.75) is 39.0 Å². The molecule has 2 amide bonds. The number of nitrogens with one attached hydrogen (secondary N) is 1. The molecule has 0 radical (unpaired) electrons. The molecule has 3 unspecified atom stereocenters. The molecule has 2 aliphatic rings. The molecule has 31 heavy (non-hydrogen) atoms. The molecule has 2 fully saturated rings. The van der Waals surface area contributed by atoms with Gasteiger partial charge in [-0.05, 0) is 49.9 Å². The smallest absolute Gasteiger partial charge is 0.338 e. The number of carbonyl (C=O) groups is 4. The summed E-state index contributed by atoms with van der Waals surface area (Å²) in [6, 6.07) is 6.61. The average molecular weight is 431 g/mol. The molecule has 1 saturated heterocycles. The summed E-state index contributed by atoms with van der Waals surface area (Å²) >= 11 is 0. The average Bonchev–Trinajstić information content (AvgIpc) is 3.19. The summed E-state index contributed by atoms with van der Waals surface area (Å²) in [5.74, 6) is -1.49. The molecular weight excluding hydrogens is 400 g/mol. The Kier molecular flexibility index (Phi) is 7.65. The molecular formula is C23H30N2O6. The molecule has 8 heteroatoms. The zero-order valence-electron chi connectivity index (χ0n) is 18.1. The van der Waals surface area contributed by atoms with E-state index >= 15 is 0 Å². The van der Waals surface area contributed by atoms with Crippen molar-refractivity contribution in [3.05, 3.63) is 29.8 Å². The van der Waals surface area contributed by atoms with Crippen LogP contribution in [0.4, 0.5) is 5.69 Å². The van der Waals surface area contributed by atoms with E-state index in [1.165, 1.54) is 7.11 Å². The van der Waals surface area contributed by atoms with Crippen LogP contribution in [-0.4, -0.2) is 50.6 Å². The van der Waals surface area contributed by atoms with Crippen LogP contribution < -0.4 is 10.2 Å². The van der Waals surface area contributed by atoms with Crippen molar-refractivity contribution in [3.63, 3.8) is 0 Å². The lowest BCUT2D eigenvalue weighted by Crippen LogP contribution is -2.40. The number of amides is 2. The molecule has 1 aromatic carbocycles. The minimum Gasteiger partial charge on any atom is -0.469 e. The fourth-order valence-electron chi connectivity index (χ4n) is 4.41. The third-order valence-corrected chi connectivity index (χ3v) is 6.14. The highest BCUT2D eigenvalue weighted by Gasteiger charge is 2.36. The van der Waals surface area contributed by atoms with E-state index in [-0.39, 0.29) is 42.6 Å². The number of carbonyl (C=O) groups excluding carboxylic acids is 4. The van der Waals surface area contributed by atoms with Gasteiger partial charge in [-0.25, -0.2) is 4.79 Å². The van der Waals surface area contributed by atoms with Crippen molar-refractivity contribution in [1.29, 1.82) is 0 Å². The predicted octanol–water partition coefficient (Wildman–Crippen LogP) is 2.31. The van der Waals surface area contributed by atoms with Gasteiger partial charge in [-0.15, -0.1) is 0 Å². The number of ether oxygens (including phenoxy) is 2. The van der Waals surface area contributed by atoms with Gasteiger partial charge in [-0.2, -0.15) is 0 Å². The highest BCUT2D eigenvalue weighted by molar-refractivity contribution is 6.00. The van der Waals surface area contributed by atoms with Gasteiger partial charge < -0.3 is 19.7 Å². The second kappa shape index (κ2) is 10.4. The Morgan fingerprint density at radius 1 is 1.13 bits per heavy atom. The first-order chi connectivity index (χ1) is 14.9. The molecule has 3 atom stereocenters. The van der Waals surface area contributed by atoms with Gasteiger partial charge in [0.15, 0.2) is 0 Å². The van der Waals surface area contributed by atoms with Crippen molar-refractivity contribution < 1.29 is 28.7 Å². The highest BCUT2D eigenvalue weighted by Crippen LogP contribution is 2.31. The van der Waals surface area contributed by atoms with Gasteiger partial charge >= 0.3 is 11.9 Å². The van der Waals surface area contributed by atoms with Gasteiger partial charge in [0.2, 0.25) is 11.8 Å². The molecule has 1 aromatic rings. The lowest BCUT2D eigenvalue weighted by molar-refractivity contribution is -0.149. The zero-order valence-corrected chi connectivity index (χ0v) is 18.1. The minimum absolute atomic E-state index is 0.0637. The summed E-state index contributed by atoms with van der Waals surface area (Å²) in [6.45, 7) is 2.74. The molecule has 1 aliphatic carbocycles. The summed E-state index contributed by atoms with van der Waals surface area (Å²) in [5.41, 5.74) is 1.06. The molecule has 0 bridgehead atoms. The summed E-state index contributed by atoms with van der Waals surface area (Å²) in [4.78, 5) is 50.6. The van der Waals surface area contributed by atoms with Crippen molar-refractivity contribution in [3.8, 4) is 0 Å². The van der Waals surface area contributed by atoms with E-state index in [2.05, 4.69) is 5.32 Å². The molecule has 1 aliphatic heterocycles. The van der Waals surface area contributed by atoms with Crippen LogP contribution in [0.3, 0.4) is 0 Å². The van der Waals surface area contributed by atoms with Gasteiger partial charge in [-0.1, -0.05) is 12.8 Å². The van der Waals surface area contributed by atoms with Crippen LogP contribution in [0, 0.1) is 17.8 Å². The number of anilines is 1. The van der Waals surface area contributed by atoms with Crippen LogP contribution >= 0.6 is 0 Å². The van der Waals surface area contributed by atoms with Crippen LogP contribution in [0.25, 0.3) is 0 Å². The van der Waals surface area contributed by atoms with Crippen LogP contribution in [0.1, 0.15) is 49.4 Å². The maximum Gasteiger partial charge on any atom is 0.338 e. The Balaban J connectivity index is 1.56. The molecule has 1 heterocycles. The number of benzene rings is 1. The first-order valence-corrected chi connectivity index (χ1v) is 10.9. The minimum atomic E-state index is -0.447. The van der Waals surface area contributed by atoms with E-state index < -0.39 is 11.9 Å². The van der Waals surface area contributed by atoms with Crippen molar-refractivity contribution in [2.75, 3.05) is 31.7 Å². The largest absolute Gasteiger partial charge is 0.469 e. The number of hydrogen-bond donors (Lipinski definition) is 1. The maximum absolute atomic E-state index is 12.7. The molecule has 0 aromatic heterocycles. The first kappa shape index (κ1) is 22.8. The van der Waals surface area contributed by atoms with E-state index in [9.17, 15) is 19.2 Å². The molecule has 1 saturated carbocycles. The van der Waals surface area contributed by atoms with Crippen LogP contribution in [-0.2, 0) is 23.9 Å².